The highest BCUT2D eigenvalue weighted by atomic mass is 16.7. The molecule has 7 aliphatic rings. The quantitative estimate of drug-likeness (QED) is 0.0962. The van der Waals surface area contributed by atoms with Gasteiger partial charge in [0.2, 0.25) is 0 Å². The fraction of sp³-hybridized carbons (Fsp3) is 0.958. The summed E-state index contributed by atoms with van der Waals surface area (Å²) in [7, 11) is 0. The molecule has 65 heavy (non-hydrogen) atoms. The number of ether oxygens (including phenoxy) is 6. The van der Waals surface area contributed by atoms with Gasteiger partial charge in [-0.05, 0) is 131 Å². The molecule has 3 aliphatic heterocycles. The minimum Gasteiger partial charge on any atom is -0.394 e. The van der Waals surface area contributed by atoms with Gasteiger partial charge in [-0.15, -0.1) is 0 Å². The van der Waals surface area contributed by atoms with Gasteiger partial charge in [-0.25, -0.2) is 0 Å². The van der Waals surface area contributed by atoms with Crippen molar-refractivity contribution in [3.8, 4) is 0 Å². The fourth-order valence-corrected chi connectivity index (χ4v) is 14.7. The second kappa shape index (κ2) is 19.0. The zero-order chi connectivity index (χ0) is 47.9. The zero-order valence-electron chi connectivity index (χ0n) is 39.8. The van der Waals surface area contributed by atoms with E-state index >= 15 is 0 Å². The first-order valence-corrected chi connectivity index (χ1v) is 24.2. The van der Waals surface area contributed by atoms with Crippen LogP contribution in [0.3, 0.4) is 0 Å². The monoisotopic (exact) mass is 931 g/mol. The number of aliphatic hydroxyl groups excluding tert-OH is 11. The van der Waals surface area contributed by atoms with E-state index in [-0.39, 0.29) is 46.0 Å². The lowest BCUT2D eigenvalue weighted by molar-refractivity contribution is -0.349. The van der Waals surface area contributed by atoms with Crippen LogP contribution in [-0.2, 0) is 28.4 Å². The topological polar surface area (TPSA) is 278 Å². The van der Waals surface area contributed by atoms with Crippen molar-refractivity contribution < 1.29 is 84.6 Å². The standard InChI is InChI=1S/C48H82O17/c1-22(2)11-10-15-48(9,65-43-40(59)37(56)34(53)27(63-43)21-60-41-38(57)35(54)32(51)23(3)61-41)24-12-17-47(8)31(24)25(50)19-29-45(6)16-14-30(44(4,5)28(45)13-18-46(29,47)7)64-42-39(58)36(55)33(52)26(20-49)62-42/h11,23-43,49-59H,10,12-21H2,1-9H3/t23-,24-,25+,26+,27+,28-,29+,30-,31-,32-,33+,34+,35+,36-,37-,38+,39+,40+,41+,42-,43-,45-,46+,47+,48-/m0/s1. The van der Waals surface area contributed by atoms with Gasteiger partial charge in [0, 0.05) is 0 Å². The highest BCUT2D eigenvalue weighted by Gasteiger charge is 2.72. The van der Waals surface area contributed by atoms with E-state index in [2.05, 4.69) is 40.7 Å². The summed E-state index contributed by atoms with van der Waals surface area (Å²) in [4.78, 5) is 0. The smallest absolute Gasteiger partial charge is 0.187 e. The molecule has 3 heterocycles. The number of hydrogen-bond acceptors (Lipinski definition) is 17. The van der Waals surface area contributed by atoms with Crippen LogP contribution in [0.1, 0.15) is 120 Å². The first-order chi connectivity index (χ1) is 30.3. The minimum absolute atomic E-state index is 0.147. The van der Waals surface area contributed by atoms with E-state index in [9.17, 15) is 56.2 Å². The Morgan fingerprint density at radius 1 is 0.662 bits per heavy atom. The molecule has 0 bridgehead atoms. The summed E-state index contributed by atoms with van der Waals surface area (Å²) in [5, 5.41) is 119. The lowest BCUT2D eigenvalue weighted by Crippen LogP contribution is -2.67. The molecule has 0 spiro atoms. The Kier molecular flexibility index (Phi) is 15.2. The molecule has 17 nitrogen and oxygen atoms in total. The molecular weight excluding hydrogens is 849 g/mol. The van der Waals surface area contributed by atoms with Crippen LogP contribution >= 0.6 is 0 Å². The Morgan fingerprint density at radius 3 is 1.89 bits per heavy atom. The first kappa shape index (κ1) is 51.9. The average molecular weight is 931 g/mol. The predicted molar refractivity (Wildman–Crippen MR) is 232 cm³/mol. The lowest BCUT2D eigenvalue weighted by atomic mass is 9.35. The maximum atomic E-state index is 12.7. The van der Waals surface area contributed by atoms with Crippen LogP contribution in [-0.4, -0.2) is 179 Å². The Labute approximate surface area is 384 Å². The summed E-state index contributed by atoms with van der Waals surface area (Å²) in [5.74, 6) is -0.0571. The van der Waals surface area contributed by atoms with E-state index in [1.54, 1.807) is 0 Å². The van der Waals surface area contributed by atoms with E-state index in [0.717, 1.165) is 37.7 Å². The normalized spacial score (nSPS) is 53.0. The van der Waals surface area contributed by atoms with Gasteiger partial charge in [0.1, 0.15) is 67.1 Å². The molecule has 4 aliphatic carbocycles. The summed E-state index contributed by atoms with van der Waals surface area (Å²) < 4.78 is 36.8. The molecule has 0 amide bonds. The highest BCUT2D eigenvalue weighted by molar-refractivity contribution is 5.20. The maximum Gasteiger partial charge on any atom is 0.187 e. The lowest BCUT2D eigenvalue weighted by Gasteiger charge is -2.71. The molecule has 7 rings (SSSR count). The van der Waals surface area contributed by atoms with Crippen LogP contribution in [0.2, 0.25) is 0 Å². The van der Waals surface area contributed by atoms with Crippen molar-refractivity contribution in [3.63, 3.8) is 0 Å². The molecule has 7 fully saturated rings. The maximum absolute atomic E-state index is 12.7. The van der Waals surface area contributed by atoms with Crippen molar-refractivity contribution in [3.05, 3.63) is 11.6 Å². The van der Waals surface area contributed by atoms with Crippen LogP contribution in [0.5, 0.6) is 0 Å². The third kappa shape index (κ3) is 8.84. The number of allylic oxidation sites excluding steroid dienone is 2. The Balaban J connectivity index is 1.11. The third-order valence-corrected chi connectivity index (χ3v) is 18.7. The summed E-state index contributed by atoms with van der Waals surface area (Å²) in [6, 6.07) is 0. The third-order valence-electron chi connectivity index (χ3n) is 18.7. The van der Waals surface area contributed by atoms with Gasteiger partial charge in [0.05, 0.1) is 37.1 Å². The van der Waals surface area contributed by atoms with E-state index in [0.29, 0.717) is 25.7 Å². The van der Waals surface area contributed by atoms with Crippen molar-refractivity contribution in [2.75, 3.05) is 13.2 Å². The van der Waals surface area contributed by atoms with Crippen molar-refractivity contribution in [1.82, 2.24) is 0 Å². The van der Waals surface area contributed by atoms with Crippen LogP contribution in [0.4, 0.5) is 0 Å². The second-order valence-corrected chi connectivity index (χ2v) is 22.9. The van der Waals surface area contributed by atoms with Crippen molar-refractivity contribution in [2.24, 2.45) is 45.3 Å². The molecule has 11 N–H and O–H groups in total. The Bertz CT molecular complexity index is 1660. The minimum atomic E-state index is -1.68. The molecule has 0 aromatic rings. The highest BCUT2D eigenvalue weighted by Crippen LogP contribution is 2.76. The molecule has 17 heteroatoms. The molecule has 0 unspecified atom stereocenters. The molecular formula is C48H82O17. The van der Waals surface area contributed by atoms with Crippen LogP contribution in [0, 0.1) is 45.3 Å². The van der Waals surface area contributed by atoms with Crippen LogP contribution in [0.25, 0.3) is 0 Å². The van der Waals surface area contributed by atoms with Gasteiger partial charge in [-0.2, -0.15) is 0 Å². The van der Waals surface area contributed by atoms with E-state index in [4.69, 9.17) is 28.4 Å². The summed E-state index contributed by atoms with van der Waals surface area (Å²) in [5.41, 5.74) is -0.962. The van der Waals surface area contributed by atoms with Crippen molar-refractivity contribution in [1.29, 1.82) is 0 Å². The van der Waals surface area contributed by atoms with Crippen LogP contribution in [0.15, 0.2) is 11.6 Å². The van der Waals surface area contributed by atoms with Gasteiger partial charge in [0.15, 0.2) is 18.9 Å². The van der Waals surface area contributed by atoms with Gasteiger partial charge >= 0.3 is 0 Å². The zero-order valence-corrected chi connectivity index (χ0v) is 39.8. The van der Waals surface area contributed by atoms with Crippen LogP contribution < -0.4 is 0 Å². The SMILES string of the molecule is CC(C)=CCC[C@](C)(O[C@@H]1O[C@H](CO[C@@H]2O[C@@H](C)[C@H](O)[C@@H](O)[C@H]2O)[C@@H](O)[C@H](O)[C@H]1O)[C@H]1CC[C@]2(C)[C@@H]1[C@H](O)C[C@@H]1[C@@]3(C)CC[C@H](O[C@@H]4O[C@H](CO)[C@@H](O)[C@H](O)[C@H]4O)C(C)(C)[C@@H]3CC[C@]12C. The molecule has 0 aromatic heterocycles. The molecule has 0 aromatic carbocycles. The van der Waals surface area contributed by atoms with Crippen molar-refractivity contribution >= 4 is 0 Å². The van der Waals surface area contributed by atoms with Gasteiger partial charge in [-0.1, -0.05) is 46.3 Å². The predicted octanol–water partition coefficient (Wildman–Crippen LogP) is 1.00. The molecule has 376 valence electrons. The summed E-state index contributed by atoms with van der Waals surface area (Å²) >= 11 is 0. The van der Waals surface area contributed by atoms with E-state index in [1.807, 2.05) is 20.8 Å². The first-order valence-electron chi connectivity index (χ1n) is 24.2. The molecule has 3 saturated heterocycles. The van der Waals surface area contributed by atoms with Crippen molar-refractivity contribution in [2.45, 2.75) is 230 Å². The summed E-state index contributed by atoms with van der Waals surface area (Å²) in [6.45, 7) is 18.1. The molecule has 4 saturated carbocycles. The van der Waals surface area contributed by atoms with Gasteiger partial charge in [0.25, 0.3) is 0 Å². The summed E-state index contributed by atoms with van der Waals surface area (Å²) in [6.07, 6.45) is -13.4. The van der Waals surface area contributed by atoms with E-state index < -0.39 is 122 Å². The number of fused-ring (bicyclic) bond motifs is 5. The van der Waals surface area contributed by atoms with Gasteiger partial charge < -0.3 is 84.6 Å². The number of rotatable bonds is 12. The number of aliphatic hydroxyl groups is 11. The Hall–Kier alpha value is -0.940. The average Bonchev–Trinajstić information content (AvgIpc) is 3.63. The second-order valence-electron chi connectivity index (χ2n) is 22.9. The van der Waals surface area contributed by atoms with E-state index in [1.165, 1.54) is 6.92 Å². The fourth-order valence-electron chi connectivity index (χ4n) is 14.7. The molecule has 25 atom stereocenters. The molecule has 0 radical (unpaired) electrons. The Morgan fingerprint density at radius 2 is 1.25 bits per heavy atom. The van der Waals surface area contributed by atoms with Gasteiger partial charge in [-0.3, -0.25) is 0 Å². The number of hydrogen-bond donors (Lipinski definition) is 11. The largest absolute Gasteiger partial charge is 0.394 e.